The maximum absolute atomic E-state index is 14.6. The SMILES string of the molecule is Cn1c(=O)n([C@H]2CCC(=O)NC2=O)c2cccc(N3CCN(CC(=O)N4CC5(C4)CN(C(=O)C4(c6ccccc6)CCN(c6cnnc(-c7ccccc7O)c6)CC4)C5)CC3)c21. The van der Waals surface area contributed by atoms with Gasteiger partial charge in [0.25, 0.3) is 0 Å². The van der Waals surface area contributed by atoms with Crippen molar-refractivity contribution in [3.05, 3.63) is 101 Å². The molecule has 2 N–H and O–H groups in total. The van der Waals surface area contributed by atoms with E-state index in [-0.39, 0.29) is 47.4 Å². The van der Waals surface area contributed by atoms with E-state index in [2.05, 4.69) is 42.3 Å². The number of phenols is 1. The summed E-state index contributed by atoms with van der Waals surface area (Å²) in [6.07, 6.45) is 3.50. The van der Waals surface area contributed by atoms with Crippen LogP contribution in [0.3, 0.4) is 0 Å². The van der Waals surface area contributed by atoms with Gasteiger partial charge in [-0.15, -0.1) is 0 Å². The molecule has 320 valence electrons. The monoisotopic (exact) mass is 838 g/mol. The fourth-order valence-electron chi connectivity index (χ4n) is 10.6. The smallest absolute Gasteiger partial charge is 0.329 e. The van der Waals surface area contributed by atoms with E-state index in [1.165, 1.54) is 4.57 Å². The molecule has 0 unspecified atom stereocenters. The highest BCUT2D eigenvalue weighted by atomic mass is 16.3. The number of rotatable bonds is 8. The van der Waals surface area contributed by atoms with Crippen LogP contribution in [-0.2, 0) is 31.6 Å². The zero-order valence-electron chi connectivity index (χ0n) is 34.8. The van der Waals surface area contributed by atoms with E-state index < -0.39 is 17.4 Å². The van der Waals surface area contributed by atoms with Crippen molar-refractivity contribution in [3.8, 4) is 17.0 Å². The van der Waals surface area contributed by atoms with Gasteiger partial charge in [-0.3, -0.25) is 38.5 Å². The van der Waals surface area contributed by atoms with Crippen molar-refractivity contribution in [1.29, 1.82) is 0 Å². The van der Waals surface area contributed by atoms with Gasteiger partial charge in [0.15, 0.2) is 0 Å². The van der Waals surface area contributed by atoms with Crippen LogP contribution >= 0.6 is 0 Å². The largest absolute Gasteiger partial charge is 0.507 e. The molecule has 10 rings (SSSR count). The minimum atomic E-state index is -0.745. The highest BCUT2D eigenvalue weighted by molar-refractivity contribution is 6.00. The molecule has 16 heteroatoms. The maximum Gasteiger partial charge on any atom is 0.329 e. The Morgan fingerprint density at radius 3 is 2.26 bits per heavy atom. The molecule has 4 amide bonds. The van der Waals surface area contributed by atoms with Crippen LogP contribution in [0.2, 0.25) is 0 Å². The van der Waals surface area contributed by atoms with Crippen molar-refractivity contribution in [3.63, 3.8) is 0 Å². The molecule has 5 aliphatic rings. The molecule has 0 saturated carbocycles. The van der Waals surface area contributed by atoms with Crippen LogP contribution in [0.4, 0.5) is 11.4 Å². The molecule has 0 radical (unpaired) electrons. The van der Waals surface area contributed by atoms with Gasteiger partial charge in [0.2, 0.25) is 23.6 Å². The Morgan fingerprint density at radius 2 is 1.53 bits per heavy atom. The third-order valence-corrected chi connectivity index (χ3v) is 14.0. The summed E-state index contributed by atoms with van der Waals surface area (Å²) in [6.45, 7) is 6.94. The lowest BCUT2D eigenvalue weighted by Gasteiger charge is -2.61. The summed E-state index contributed by atoms with van der Waals surface area (Å²) in [6, 6.07) is 24.2. The van der Waals surface area contributed by atoms with Crippen molar-refractivity contribution < 1.29 is 24.3 Å². The molecule has 7 heterocycles. The van der Waals surface area contributed by atoms with Gasteiger partial charge in [-0.25, -0.2) is 4.79 Å². The summed E-state index contributed by atoms with van der Waals surface area (Å²) in [5, 5.41) is 21.3. The van der Waals surface area contributed by atoms with E-state index in [0.717, 1.165) is 22.5 Å². The van der Waals surface area contributed by atoms with Gasteiger partial charge in [-0.2, -0.15) is 10.2 Å². The molecule has 5 saturated heterocycles. The predicted octanol–water partition coefficient (Wildman–Crippen LogP) is 2.51. The number of hydrogen-bond acceptors (Lipinski definition) is 11. The standard InChI is InChI=1S/C46H50N10O6/c1-50-41-35(11-7-12-36(41)56(44(50)62)37-14-15-39(58)48-42(37)60)53-22-20-51(21-23-53)26-40(59)54-27-45(28-54)29-55(30-45)43(61)46(31-8-3-2-4-9-31)16-18-52(19-17-46)32-24-34(49-47-25-32)33-10-5-6-13-38(33)57/h2-13,24-25,37,57H,14-23,26-30H2,1H3,(H,48,58,60)/t37-/m0/s1. The lowest BCUT2D eigenvalue weighted by molar-refractivity contribution is -0.173. The van der Waals surface area contributed by atoms with Gasteiger partial charge < -0.3 is 24.7 Å². The number of aromatic hydroxyl groups is 1. The number of carbonyl (C=O) groups excluding carboxylic acids is 4. The third-order valence-electron chi connectivity index (χ3n) is 14.0. The number of fused-ring (bicyclic) bond motifs is 1. The Morgan fingerprint density at radius 1 is 0.823 bits per heavy atom. The lowest BCUT2D eigenvalue weighted by Crippen LogP contribution is -2.75. The number of anilines is 2. The number of likely N-dealkylation sites (tertiary alicyclic amines) is 2. The number of carbonyl (C=O) groups is 4. The third kappa shape index (κ3) is 6.76. The number of para-hydroxylation sites is 2. The molecule has 5 aromatic rings. The molecule has 0 bridgehead atoms. The first-order valence-electron chi connectivity index (χ1n) is 21.5. The second-order valence-electron chi connectivity index (χ2n) is 17.7. The molecule has 5 aliphatic heterocycles. The van der Waals surface area contributed by atoms with Crippen molar-refractivity contribution >= 4 is 46.0 Å². The molecule has 2 aromatic heterocycles. The number of imidazole rings is 1. The lowest BCUT2D eigenvalue weighted by atomic mass is 9.67. The van der Waals surface area contributed by atoms with Gasteiger partial charge >= 0.3 is 5.69 Å². The van der Waals surface area contributed by atoms with Gasteiger partial charge in [-0.05, 0) is 55.2 Å². The summed E-state index contributed by atoms with van der Waals surface area (Å²) < 4.78 is 3.09. The fraction of sp³-hybridized carbons (Fsp3) is 0.413. The molecule has 1 spiro atoms. The summed E-state index contributed by atoms with van der Waals surface area (Å²) in [5.41, 5.74) is 4.44. The zero-order chi connectivity index (χ0) is 42.8. The molecular formula is C46H50N10O6. The minimum Gasteiger partial charge on any atom is -0.507 e. The number of aromatic nitrogens is 4. The number of amides is 4. The first-order valence-corrected chi connectivity index (χ1v) is 21.5. The maximum atomic E-state index is 14.6. The van der Waals surface area contributed by atoms with Crippen LogP contribution in [0.1, 0.15) is 37.3 Å². The number of nitrogens with one attached hydrogen (secondary N) is 1. The van der Waals surface area contributed by atoms with Gasteiger partial charge in [0.05, 0.1) is 46.3 Å². The van der Waals surface area contributed by atoms with Crippen molar-refractivity contribution in [2.24, 2.45) is 12.5 Å². The average Bonchev–Trinajstić information content (AvgIpc) is 3.52. The first kappa shape index (κ1) is 39.6. The number of piperidine rings is 2. The van der Waals surface area contributed by atoms with E-state index in [1.807, 2.05) is 64.4 Å². The zero-order valence-corrected chi connectivity index (χ0v) is 34.8. The summed E-state index contributed by atoms with van der Waals surface area (Å²) in [4.78, 5) is 76.7. The Balaban J connectivity index is 0.739. The molecular weight excluding hydrogens is 789 g/mol. The topological polar surface area (TPSA) is 169 Å². The molecule has 1 atom stereocenters. The predicted molar refractivity (Wildman–Crippen MR) is 232 cm³/mol. The van der Waals surface area contributed by atoms with E-state index in [0.29, 0.717) is 102 Å². The Labute approximate surface area is 358 Å². The number of hydrogen-bond donors (Lipinski definition) is 2. The van der Waals surface area contributed by atoms with Crippen LogP contribution in [0.5, 0.6) is 5.75 Å². The van der Waals surface area contributed by atoms with Gasteiger partial charge in [0.1, 0.15) is 11.8 Å². The number of aryl methyl sites for hydroxylation is 1. The van der Waals surface area contributed by atoms with Crippen molar-refractivity contribution in [1.82, 2.24) is 39.3 Å². The highest BCUT2D eigenvalue weighted by Crippen LogP contribution is 2.45. The van der Waals surface area contributed by atoms with Crippen LogP contribution < -0.4 is 20.8 Å². The van der Waals surface area contributed by atoms with E-state index >= 15 is 0 Å². The molecule has 62 heavy (non-hydrogen) atoms. The number of imide groups is 1. The summed E-state index contributed by atoms with van der Waals surface area (Å²) >= 11 is 0. The molecule has 3 aromatic carbocycles. The van der Waals surface area contributed by atoms with Crippen LogP contribution in [-0.4, -0.2) is 135 Å². The second-order valence-corrected chi connectivity index (χ2v) is 17.7. The van der Waals surface area contributed by atoms with Gasteiger partial charge in [-0.1, -0.05) is 48.5 Å². The summed E-state index contributed by atoms with van der Waals surface area (Å²) in [7, 11) is 1.71. The molecule has 16 nitrogen and oxygen atoms in total. The number of phenolic OH excluding ortho intramolecular Hbond substituents is 1. The normalized spacial score (nSPS) is 21.1. The first-order chi connectivity index (χ1) is 30.0. The average molecular weight is 839 g/mol. The van der Waals surface area contributed by atoms with Crippen LogP contribution in [0.25, 0.3) is 22.3 Å². The van der Waals surface area contributed by atoms with Crippen molar-refractivity contribution in [2.75, 3.05) is 81.8 Å². The van der Waals surface area contributed by atoms with E-state index in [9.17, 15) is 29.1 Å². The second kappa shape index (κ2) is 15.4. The Hall–Kier alpha value is -6.55. The number of nitrogens with zero attached hydrogens (tertiary/aromatic N) is 9. The summed E-state index contributed by atoms with van der Waals surface area (Å²) in [5.74, 6) is -0.373. The Bertz CT molecular complexity index is 2630. The molecule has 0 aliphatic carbocycles. The fourth-order valence-corrected chi connectivity index (χ4v) is 10.6. The van der Waals surface area contributed by atoms with Crippen LogP contribution in [0, 0.1) is 5.41 Å². The number of benzene rings is 3. The minimum absolute atomic E-state index is 0.0659. The van der Waals surface area contributed by atoms with Gasteiger partial charge in [0, 0.05) is 89.9 Å². The van der Waals surface area contributed by atoms with Crippen LogP contribution in [0.15, 0.2) is 89.9 Å². The quantitative estimate of drug-likeness (QED) is 0.221. The van der Waals surface area contributed by atoms with E-state index in [1.54, 1.807) is 29.9 Å². The van der Waals surface area contributed by atoms with E-state index in [4.69, 9.17) is 0 Å². The van der Waals surface area contributed by atoms with Crippen molar-refractivity contribution in [2.45, 2.75) is 37.1 Å². The number of piperazine rings is 1. The molecule has 5 fully saturated rings. The Kier molecular flexibility index (Phi) is 9.84. The highest BCUT2D eigenvalue weighted by Gasteiger charge is 2.57.